The predicted molar refractivity (Wildman–Crippen MR) is 69.9 cm³/mol. The number of benzene rings is 1. The summed E-state index contributed by atoms with van der Waals surface area (Å²) in [6, 6.07) is 5.04. The van der Waals surface area contributed by atoms with Crippen LogP contribution >= 0.6 is 0 Å². The molecule has 0 radical (unpaired) electrons. The first-order chi connectivity index (χ1) is 8.65. The molecule has 3 nitrogen and oxygen atoms in total. The Hall–Kier alpha value is -1.42. The normalized spacial score (nSPS) is 24.6. The fourth-order valence-corrected chi connectivity index (χ4v) is 3.01. The third-order valence-corrected chi connectivity index (χ3v) is 3.96. The van der Waals surface area contributed by atoms with Crippen molar-refractivity contribution >= 4 is 11.0 Å². The van der Waals surface area contributed by atoms with Crippen molar-refractivity contribution in [2.45, 2.75) is 37.6 Å². The van der Waals surface area contributed by atoms with E-state index in [4.69, 9.17) is 5.73 Å². The smallest absolute Gasteiger partial charge is 0.125 e. The number of nitrogens with two attached hydrogens (primary N) is 1. The fraction of sp³-hybridized carbons (Fsp3) is 0.500. The monoisotopic (exact) mass is 247 g/mol. The highest BCUT2D eigenvalue weighted by Gasteiger charge is 2.24. The van der Waals surface area contributed by atoms with Crippen molar-refractivity contribution < 1.29 is 4.39 Å². The molecule has 0 bridgehead atoms. The summed E-state index contributed by atoms with van der Waals surface area (Å²) in [4.78, 5) is 4.65. The summed E-state index contributed by atoms with van der Waals surface area (Å²) in [5, 5.41) is 0. The van der Waals surface area contributed by atoms with E-state index in [0.29, 0.717) is 5.92 Å². The molecule has 3 rings (SSSR count). The van der Waals surface area contributed by atoms with E-state index in [0.717, 1.165) is 42.5 Å². The summed E-state index contributed by atoms with van der Waals surface area (Å²) in [5.74, 6) is 1.25. The van der Waals surface area contributed by atoms with Gasteiger partial charge in [-0.3, -0.25) is 0 Å². The zero-order valence-electron chi connectivity index (χ0n) is 10.6. The third kappa shape index (κ3) is 1.90. The quantitative estimate of drug-likeness (QED) is 0.842. The minimum absolute atomic E-state index is 0.211. The molecule has 1 aromatic heterocycles. The van der Waals surface area contributed by atoms with Crippen LogP contribution < -0.4 is 5.73 Å². The van der Waals surface area contributed by atoms with E-state index in [1.54, 1.807) is 12.1 Å². The summed E-state index contributed by atoms with van der Waals surface area (Å²) >= 11 is 0. The highest BCUT2D eigenvalue weighted by atomic mass is 19.1. The van der Waals surface area contributed by atoms with Gasteiger partial charge in [0.05, 0.1) is 11.0 Å². The molecule has 1 aliphatic rings. The van der Waals surface area contributed by atoms with Gasteiger partial charge < -0.3 is 10.3 Å². The Morgan fingerprint density at radius 3 is 3.00 bits per heavy atom. The van der Waals surface area contributed by atoms with Gasteiger partial charge in [-0.2, -0.15) is 0 Å². The number of rotatable bonds is 1. The van der Waals surface area contributed by atoms with Crippen molar-refractivity contribution in [3.8, 4) is 0 Å². The van der Waals surface area contributed by atoms with Crippen molar-refractivity contribution in [1.29, 1.82) is 0 Å². The van der Waals surface area contributed by atoms with Crippen LogP contribution in [0.2, 0.25) is 0 Å². The standard InChI is InChI=1S/C14H18FN3/c1-18-13-8-10(15)5-6-12(13)17-14(18)9-3-2-4-11(16)7-9/h5-6,8-9,11H,2-4,7,16H2,1H3. The number of aryl methyl sites for hydroxylation is 1. The molecule has 0 amide bonds. The lowest BCUT2D eigenvalue weighted by atomic mass is 9.85. The molecule has 0 saturated heterocycles. The number of halogens is 1. The van der Waals surface area contributed by atoms with Gasteiger partial charge in [0.15, 0.2) is 0 Å². The largest absolute Gasteiger partial charge is 0.331 e. The highest BCUT2D eigenvalue weighted by Crippen LogP contribution is 2.33. The van der Waals surface area contributed by atoms with Crippen molar-refractivity contribution in [2.24, 2.45) is 12.8 Å². The second-order valence-electron chi connectivity index (χ2n) is 5.29. The maximum absolute atomic E-state index is 13.3. The molecule has 1 saturated carbocycles. The van der Waals surface area contributed by atoms with E-state index < -0.39 is 0 Å². The van der Waals surface area contributed by atoms with Crippen molar-refractivity contribution in [3.63, 3.8) is 0 Å². The molecule has 18 heavy (non-hydrogen) atoms. The number of aromatic nitrogens is 2. The maximum atomic E-state index is 13.3. The van der Waals surface area contributed by atoms with Crippen LogP contribution in [0.3, 0.4) is 0 Å². The Morgan fingerprint density at radius 1 is 1.39 bits per heavy atom. The first-order valence-corrected chi connectivity index (χ1v) is 6.52. The van der Waals surface area contributed by atoms with Gasteiger partial charge in [-0.1, -0.05) is 6.42 Å². The second-order valence-corrected chi connectivity index (χ2v) is 5.29. The molecule has 0 spiro atoms. The lowest BCUT2D eigenvalue weighted by molar-refractivity contribution is 0.378. The van der Waals surface area contributed by atoms with E-state index >= 15 is 0 Å². The van der Waals surface area contributed by atoms with E-state index in [1.807, 2.05) is 11.6 Å². The Balaban J connectivity index is 2.04. The maximum Gasteiger partial charge on any atom is 0.125 e. The SMILES string of the molecule is Cn1c(C2CCCC(N)C2)nc2ccc(F)cc21. The zero-order chi connectivity index (χ0) is 12.7. The van der Waals surface area contributed by atoms with Crippen LogP contribution in [0.15, 0.2) is 18.2 Å². The summed E-state index contributed by atoms with van der Waals surface area (Å²) in [5.41, 5.74) is 7.77. The number of fused-ring (bicyclic) bond motifs is 1. The first-order valence-electron chi connectivity index (χ1n) is 6.52. The topological polar surface area (TPSA) is 43.8 Å². The summed E-state index contributed by atoms with van der Waals surface area (Å²) in [7, 11) is 1.96. The molecular formula is C14H18FN3. The molecule has 2 unspecified atom stereocenters. The molecule has 2 aromatic rings. The molecule has 96 valence electrons. The number of imidazole rings is 1. The molecule has 1 aromatic carbocycles. The van der Waals surface area contributed by atoms with Gasteiger partial charge in [0.25, 0.3) is 0 Å². The fourth-order valence-electron chi connectivity index (χ4n) is 3.01. The molecule has 1 aliphatic carbocycles. The molecule has 2 atom stereocenters. The summed E-state index contributed by atoms with van der Waals surface area (Å²) in [6.07, 6.45) is 4.38. The van der Waals surface area contributed by atoms with Crippen LogP contribution in [0.1, 0.15) is 37.4 Å². The molecule has 4 heteroatoms. The summed E-state index contributed by atoms with van der Waals surface area (Å²) in [6.45, 7) is 0. The van der Waals surface area contributed by atoms with Crippen LogP contribution in [-0.2, 0) is 7.05 Å². The van der Waals surface area contributed by atoms with Crippen LogP contribution in [0.25, 0.3) is 11.0 Å². The van der Waals surface area contributed by atoms with Gasteiger partial charge in [-0.15, -0.1) is 0 Å². The second kappa shape index (κ2) is 4.35. The minimum Gasteiger partial charge on any atom is -0.331 e. The van der Waals surface area contributed by atoms with Crippen LogP contribution in [-0.4, -0.2) is 15.6 Å². The van der Waals surface area contributed by atoms with Gasteiger partial charge in [-0.05, 0) is 37.5 Å². The number of nitrogens with zero attached hydrogens (tertiary/aromatic N) is 2. The van der Waals surface area contributed by atoms with Crippen molar-refractivity contribution in [3.05, 3.63) is 29.8 Å². The average molecular weight is 247 g/mol. The minimum atomic E-state index is -0.211. The summed E-state index contributed by atoms with van der Waals surface area (Å²) < 4.78 is 15.3. The van der Waals surface area contributed by atoms with Crippen LogP contribution in [0, 0.1) is 5.82 Å². The molecule has 1 fully saturated rings. The van der Waals surface area contributed by atoms with Crippen LogP contribution in [0.5, 0.6) is 0 Å². The average Bonchev–Trinajstić information content (AvgIpc) is 2.67. The molecular weight excluding hydrogens is 229 g/mol. The van der Waals surface area contributed by atoms with E-state index in [9.17, 15) is 4.39 Å². The first kappa shape index (κ1) is 11.7. The molecule has 1 heterocycles. The van der Waals surface area contributed by atoms with E-state index in [-0.39, 0.29) is 11.9 Å². The van der Waals surface area contributed by atoms with Gasteiger partial charge in [0.2, 0.25) is 0 Å². The third-order valence-electron chi connectivity index (χ3n) is 3.96. The molecule has 0 aliphatic heterocycles. The van der Waals surface area contributed by atoms with Gasteiger partial charge in [0, 0.05) is 19.0 Å². The number of hydrogen-bond donors (Lipinski definition) is 1. The number of hydrogen-bond acceptors (Lipinski definition) is 2. The van der Waals surface area contributed by atoms with Crippen LogP contribution in [0.4, 0.5) is 4.39 Å². The van der Waals surface area contributed by atoms with E-state index in [1.165, 1.54) is 6.07 Å². The lowest BCUT2D eigenvalue weighted by Crippen LogP contribution is -2.27. The Bertz CT molecular complexity index is 576. The zero-order valence-corrected chi connectivity index (χ0v) is 10.6. The van der Waals surface area contributed by atoms with Crippen molar-refractivity contribution in [1.82, 2.24) is 9.55 Å². The van der Waals surface area contributed by atoms with Gasteiger partial charge in [0.1, 0.15) is 11.6 Å². The van der Waals surface area contributed by atoms with Gasteiger partial charge >= 0.3 is 0 Å². The molecule has 2 N–H and O–H groups in total. The predicted octanol–water partition coefficient (Wildman–Crippen LogP) is 2.70. The lowest BCUT2D eigenvalue weighted by Gasteiger charge is -2.26. The van der Waals surface area contributed by atoms with Crippen molar-refractivity contribution in [2.75, 3.05) is 0 Å². The Labute approximate surface area is 106 Å². The van der Waals surface area contributed by atoms with E-state index in [2.05, 4.69) is 4.98 Å². The Morgan fingerprint density at radius 2 is 2.22 bits per heavy atom. The van der Waals surface area contributed by atoms with Gasteiger partial charge in [-0.25, -0.2) is 9.37 Å². The Kier molecular flexibility index (Phi) is 2.82. The highest BCUT2D eigenvalue weighted by molar-refractivity contribution is 5.76.